The molecule has 1 aliphatic rings. The highest BCUT2D eigenvalue weighted by Gasteiger charge is 2.13. The van der Waals surface area contributed by atoms with Crippen LogP contribution >= 0.6 is 11.6 Å². The average Bonchev–Trinajstić information content (AvgIpc) is 2.50. The zero-order valence-electron chi connectivity index (χ0n) is 13.4. The average molecular weight is 325 g/mol. The van der Waals surface area contributed by atoms with Gasteiger partial charge in [-0.05, 0) is 44.6 Å². The van der Waals surface area contributed by atoms with E-state index in [1.165, 1.54) is 0 Å². The molecule has 0 bridgehead atoms. The highest BCUT2D eigenvalue weighted by atomic mass is 35.5. The highest BCUT2D eigenvalue weighted by Crippen LogP contribution is 2.22. The summed E-state index contributed by atoms with van der Waals surface area (Å²) >= 11 is 6.04. The molecule has 1 aromatic carbocycles. The lowest BCUT2D eigenvalue weighted by molar-refractivity contribution is 0.153. The van der Waals surface area contributed by atoms with Crippen molar-refractivity contribution in [1.29, 1.82) is 0 Å². The normalized spacial score (nSPS) is 16.5. The van der Waals surface area contributed by atoms with Crippen molar-refractivity contribution in [3.05, 3.63) is 28.8 Å². The predicted octanol–water partition coefficient (Wildman–Crippen LogP) is 2.41. The number of amides is 2. The number of piperazine rings is 1. The molecule has 122 valence electrons. The Kier molecular flexibility index (Phi) is 6.49. The Hall–Kier alpha value is -1.30. The Morgan fingerprint density at radius 2 is 2.00 bits per heavy atom. The second kappa shape index (κ2) is 8.36. The number of halogens is 1. The zero-order valence-corrected chi connectivity index (χ0v) is 14.1. The molecule has 1 fully saturated rings. The number of nitrogens with one attached hydrogen (secondary N) is 2. The molecule has 1 saturated heterocycles. The third-order valence-corrected chi connectivity index (χ3v) is 4.46. The topological polar surface area (TPSA) is 47.6 Å². The van der Waals surface area contributed by atoms with Crippen LogP contribution < -0.4 is 10.6 Å². The lowest BCUT2D eigenvalue weighted by Crippen LogP contribution is -2.45. The summed E-state index contributed by atoms with van der Waals surface area (Å²) in [5, 5.41) is 6.40. The minimum absolute atomic E-state index is 0.177. The van der Waals surface area contributed by atoms with Crippen LogP contribution in [0.25, 0.3) is 0 Å². The van der Waals surface area contributed by atoms with Gasteiger partial charge in [0.2, 0.25) is 0 Å². The van der Waals surface area contributed by atoms with Gasteiger partial charge in [0.05, 0.1) is 0 Å². The number of anilines is 1. The summed E-state index contributed by atoms with van der Waals surface area (Å²) in [6.07, 6.45) is 0.964. The fourth-order valence-electron chi connectivity index (χ4n) is 2.49. The molecule has 0 aromatic heterocycles. The molecule has 0 atom stereocenters. The Bertz CT molecular complexity index is 501. The van der Waals surface area contributed by atoms with Crippen LogP contribution in [0.15, 0.2) is 18.2 Å². The monoisotopic (exact) mass is 324 g/mol. The molecule has 0 spiro atoms. The first-order valence-electron chi connectivity index (χ1n) is 7.77. The Morgan fingerprint density at radius 1 is 1.27 bits per heavy atom. The third kappa shape index (κ3) is 5.16. The van der Waals surface area contributed by atoms with Gasteiger partial charge < -0.3 is 20.4 Å². The van der Waals surface area contributed by atoms with Gasteiger partial charge in [-0.2, -0.15) is 0 Å². The molecule has 0 saturated carbocycles. The summed E-state index contributed by atoms with van der Waals surface area (Å²) in [6, 6.07) is 5.32. The number of benzene rings is 1. The number of nitrogens with zero attached hydrogens (tertiary/aromatic N) is 2. The minimum atomic E-state index is -0.177. The van der Waals surface area contributed by atoms with Gasteiger partial charge in [-0.25, -0.2) is 4.79 Å². The Morgan fingerprint density at radius 3 is 2.73 bits per heavy atom. The van der Waals surface area contributed by atoms with E-state index in [0.29, 0.717) is 11.6 Å². The summed E-state index contributed by atoms with van der Waals surface area (Å²) in [4.78, 5) is 16.7. The van der Waals surface area contributed by atoms with Gasteiger partial charge in [0.1, 0.15) is 0 Å². The van der Waals surface area contributed by atoms with E-state index in [1.807, 2.05) is 25.1 Å². The maximum Gasteiger partial charge on any atom is 0.319 e. The van der Waals surface area contributed by atoms with E-state index in [-0.39, 0.29) is 6.03 Å². The number of carbonyl (C=O) groups excluding carboxylic acids is 1. The summed E-state index contributed by atoms with van der Waals surface area (Å²) in [6.45, 7) is 8.09. The van der Waals surface area contributed by atoms with Crippen LogP contribution in [0.1, 0.15) is 12.0 Å². The van der Waals surface area contributed by atoms with Crippen molar-refractivity contribution in [3.63, 3.8) is 0 Å². The quantitative estimate of drug-likeness (QED) is 0.818. The van der Waals surface area contributed by atoms with Crippen LogP contribution in [0.4, 0.5) is 10.5 Å². The van der Waals surface area contributed by atoms with Gasteiger partial charge in [0.25, 0.3) is 0 Å². The zero-order chi connectivity index (χ0) is 15.9. The van der Waals surface area contributed by atoms with Crippen molar-refractivity contribution in [1.82, 2.24) is 15.1 Å². The van der Waals surface area contributed by atoms with Crippen molar-refractivity contribution >= 4 is 23.3 Å². The van der Waals surface area contributed by atoms with E-state index in [9.17, 15) is 4.79 Å². The lowest BCUT2D eigenvalue weighted by Gasteiger charge is -2.32. The van der Waals surface area contributed by atoms with Crippen LogP contribution in [-0.4, -0.2) is 62.1 Å². The lowest BCUT2D eigenvalue weighted by atomic mass is 10.2. The molecule has 2 amide bonds. The smallest absolute Gasteiger partial charge is 0.319 e. The number of hydrogen-bond donors (Lipinski definition) is 2. The summed E-state index contributed by atoms with van der Waals surface area (Å²) in [5.74, 6) is 0. The van der Waals surface area contributed by atoms with E-state index < -0.39 is 0 Å². The molecule has 0 aliphatic carbocycles. The van der Waals surface area contributed by atoms with Crippen LogP contribution in [0.3, 0.4) is 0 Å². The van der Waals surface area contributed by atoms with Crippen molar-refractivity contribution in [2.24, 2.45) is 0 Å². The Labute approximate surface area is 137 Å². The van der Waals surface area contributed by atoms with Crippen LogP contribution in [0, 0.1) is 6.92 Å². The highest BCUT2D eigenvalue weighted by molar-refractivity contribution is 6.31. The van der Waals surface area contributed by atoms with Gasteiger partial charge in [-0.3, -0.25) is 0 Å². The van der Waals surface area contributed by atoms with Gasteiger partial charge in [0.15, 0.2) is 0 Å². The molecule has 2 N–H and O–H groups in total. The molecule has 0 unspecified atom stereocenters. The third-order valence-electron chi connectivity index (χ3n) is 4.05. The second-order valence-electron chi connectivity index (χ2n) is 5.79. The fourth-order valence-corrected chi connectivity index (χ4v) is 2.66. The molecule has 1 heterocycles. The van der Waals surface area contributed by atoms with Crippen molar-refractivity contribution < 1.29 is 4.79 Å². The van der Waals surface area contributed by atoms with Gasteiger partial charge in [-0.1, -0.05) is 17.7 Å². The van der Waals surface area contributed by atoms with E-state index in [2.05, 4.69) is 27.5 Å². The molecule has 1 aliphatic heterocycles. The molecule has 6 heteroatoms. The summed E-state index contributed by atoms with van der Waals surface area (Å²) in [7, 11) is 2.15. The maximum atomic E-state index is 11.9. The van der Waals surface area contributed by atoms with Crippen LogP contribution in [-0.2, 0) is 0 Å². The molecule has 0 radical (unpaired) electrons. The van der Waals surface area contributed by atoms with Crippen molar-refractivity contribution in [2.45, 2.75) is 13.3 Å². The largest absolute Gasteiger partial charge is 0.338 e. The first-order valence-corrected chi connectivity index (χ1v) is 8.15. The first kappa shape index (κ1) is 17.1. The number of rotatable bonds is 5. The molecular formula is C16H25ClN4O. The van der Waals surface area contributed by atoms with Gasteiger partial charge >= 0.3 is 6.03 Å². The van der Waals surface area contributed by atoms with Crippen molar-refractivity contribution in [2.75, 3.05) is 51.6 Å². The first-order chi connectivity index (χ1) is 10.6. The van der Waals surface area contributed by atoms with E-state index in [1.54, 1.807) is 0 Å². The summed E-state index contributed by atoms with van der Waals surface area (Å²) < 4.78 is 0. The Balaban J connectivity index is 1.65. The van der Waals surface area contributed by atoms with Crippen LogP contribution in [0.2, 0.25) is 5.02 Å². The fraction of sp³-hybridized carbons (Fsp3) is 0.562. The second-order valence-corrected chi connectivity index (χ2v) is 6.20. The van der Waals surface area contributed by atoms with Gasteiger partial charge in [-0.15, -0.1) is 0 Å². The number of hydrogen-bond acceptors (Lipinski definition) is 3. The molecule has 1 aromatic rings. The molecule has 5 nitrogen and oxygen atoms in total. The van der Waals surface area contributed by atoms with E-state index >= 15 is 0 Å². The predicted molar refractivity (Wildman–Crippen MR) is 91.8 cm³/mol. The van der Waals surface area contributed by atoms with Crippen LogP contribution in [0.5, 0.6) is 0 Å². The SMILES string of the molecule is Cc1c(Cl)cccc1NC(=O)NCCCN1CCN(C)CC1. The van der Waals surface area contributed by atoms with E-state index in [4.69, 9.17) is 11.6 Å². The van der Waals surface area contributed by atoms with Gasteiger partial charge in [0, 0.05) is 43.4 Å². The number of carbonyl (C=O) groups is 1. The molecular weight excluding hydrogens is 300 g/mol. The summed E-state index contributed by atoms with van der Waals surface area (Å²) in [5.41, 5.74) is 1.64. The molecule has 2 rings (SSSR count). The van der Waals surface area contributed by atoms with E-state index in [0.717, 1.165) is 50.4 Å². The number of likely N-dealkylation sites (N-methyl/N-ethyl adjacent to an activating group) is 1. The molecule has 22 heavy (non-hydrogen) atoms. The number of urea groups is 1. The maximum absolute atomic E-state index is 11.9. The standard InChI is InChI=1S/C16H25ClN4O/c1-13-14(17)5-3-6-15(13)19-16(22)18-7-4-8-21-11-9-20(2)10-12-21/h3,5-6H,4,7-12H2,1-2H3,(H2,18,19,22). The van der Waals surface area contributed by atoms with Crippen molar-refractivity contribution in [3.8, 4) is 0 Å². The minimum Gasteiger partial charge on any atom is -0.338 e.